The van der Waals surface area contributed by atoms with E-state index in [1.54, 1.807) is 6.08 Å². The topological polar surface area (TPSA) is 55.1 Å². The summed E-state index contributed by atoms with van der Waals surface area (Å²) in [5.41, 5.74) is 5.66. The Kier molecular flexibility index (Phi) is 4.33. The quantitative estimate of drug-likeness (QED) is 0.692. The summed E-state index contributed by atoms with van der Waals surface area (Å²) >= 11 is 0. The van der Waals surface area contributed by atoms with E-state index in [0.29, 0.717) is 18.9 Å². The summed E-state index contributed by atoms with van der Waals surface area (Å²) in [5, 5.41) is 3.10. The number of amides is 1. The zero-order valence-electron chi connectivity index (χ0n) is 9.59. The van der Waals surface area contributed by atoms with Crippen LogP contribution in [0.1, 0.15) is 39.0 Å². The van der Waals surface area contributed by atoms with E-state index in [2.05, 4.69) is 18.8 Å². The molecule has 15 heavy (non-hydrogen) atoms. The number of carbonyl (C=O) groups excluding carboxylic acids is 1. The molecule has 1 saturated carbocycles. The van der Waals surface area contributed by atoms with E-state index >= 15 is 0 Å². The van der Waals surface area contributed by atoms with Crippen LogP contribution in [0.3, 0.4) is 0 Å². The van der Waals surface area contributed by atoms with Gasteiger partial charge in [-0.3, -0.25) is 4.79 Å². The Balaban J connectivity index is 2.65. The van der Waals surface area contributed by atoms with Crippen LogP contribution in [0.2, 0.25) is 0 Å². The first-order valence-corrected chi connectivity index (χ1v) is 5.76. The van der Waals surface area contributed by atoms with Crippen molar-refractivity contribution in [3.8, 4) is 0 Å². The second kappa shape index (κ2) is 5.31. The Morgan fingerprint density at radius 3 is 2.93 bits per heavy atom. The average molecular weight is 210 g/mol. The predicted molar refractivity (Wildman–Crippen MR) is 62.4 cm³/mol. The second-order valence-electron chi connectivity index (χ2n) is 4.55. The number of hydrogen-bond donors (Lipinski definition) is 2. The lowest BCUT2D eigenvalue weighted by molar-refractivity contribution is -0.123. The van der Waals surface area contributed by atoms with E-state index in [0.717, 1.165) is 19.3 Å². The minimum Gasteiger partial charge on any atom is -0.349 e. The normalized spacial score (nSPS) is 30.9. The van der Waals surface area contributed by atoms with Crippen LogP contribution in [-0.2, 0) is 4.79 Å². The molecule has 1 rings (SSSR count). The molecule has 3 N–H and O–H groups in total. The summed E-state index contributed by atoms with van der Waals surface area (Å²) in [6.45, 7) is 6.29. The molecule has 86 valence electrons. The molecule has 0 aliphatic heterocycles. The van der Waals surface area contributed by atoms with Crippen molar-refractivity contribution in [2.45, 2.75) is 44.6 Å². The maximum Gasteiger partial charge on any atom is 0.224 e. The van der Waals surface area contributed by atoms with Crippen molar-refractivity contribution < 1.29 is 4.79 Å². The molecule has 1 fully saturated rings. The largest absolute Gasteiger partial charge is 0.349 e. The van der Waals surface area contributed by atoms with Gasteiger partial charge in [-0.25, -0.2) is 0 Å². The molecule has 1 amide bonds. The molecule has 0 aromatic rings. The fourth-order valence-electron chi connectivity index (χ4n) is 2.41. The third-order valence-electron chi connectivity index (χ3n) is 3.54. The molecule has 0 radical (unpaired) electrons. The first kappa shape index (κ1) is 12.2. The molecule has 1 aliphatic carbocycles. The van der Waals surface area contributed by atoms with Gasteiger partial charge in [-0.1, -0.05) is 25.8 Å². The zero-order chi connectivity index (χ0) is 11.3. The summed E-state index contributed by atoms with van der Waals surface area (Å²) in [5.74, 6) is 0.522. The number of rotatable bonds is 4. The van der Waals surface area contributed by atoms with Crippen molar-refractivity contribution in [2.24, 2.45) is 11.7 Å². The first-order valence-electron chi connectivity index (χ1n) is 5.76. The molecule has 0 heterocycles. The fraction of sp³-hybridized carbons (Fsp3) is 0.750. The number of hydrogen-bond acceptors (Lipinski definition) is 2. The molecule has 0 aromatic carbocycles. The number of carbonyl (C=O) groups is 1. The van der Waals surface area contributed by atoms with Gasteiger partial charge in [0.25, 0.3) is 0 Å². The smallest absolute Gasteiger partial charge is 0.224 e. The maximum absolute atomic E-state index is 11.6. The van der Waals surface area contributed by atoms with Gasteiger partial charge in [0.2, 0.25) is 5.91 Å². The summed E-state index contributed by atoms with van der Waals surface area (Å²) < 4.78 is 0. The molecule has 0 spiro atoms. The fourth-order valence-corrected chi connectivity index (χ4v) is 2.41. The van der Waals surface area contributed by atoms with Gasteiger partial charge in [0.15, 0.2) is 0 Å². The van der Waals surface area contributed by atoms with Crippen LogP contribution in [0.25, 0.3) is 0 Å². The molecule has 0 aromatic heterocycles. The van der Waals surface area contributed by atoms with Crippen molar-refractivity contribution in [3.63, 3.8) is 0 Å². The molecule has 0 bridgehead atoms. The Labute approximate surface area is 92.1 Å². The first-order chi connectivity index (χ1) is 7.14. The van der Waals surface area contributed by atoms with Gasteiger partial charge < -0.3 is 11.1 Å². The van der Waals surface area contributed by atoms with E-state index in [-0.39, 0.29) is 11.4 Å². The predicted octanol–water partition coefficient (Wildman–Crippen LogP) is 1.59. The highest BCUT2D eigenvalue weighted by molar-refractivity contribution is 5.78. The molecule has 2 unspecified atom stereocenters. The van der Waals surface area contributed by atoms with Gasteiger partial charge >= 0.3 is 0 Å². The van der Waals surface area contributed by atoms with Gasteiger partial charge in [-0.15, -0.1) is 6.58 Å². The molecule has 3 nitrogen and oxygen atoms in total. The van der Waals surface area contributed by atoms with Crippen molar-refractivity contribution >= 4 is 5.91 Å². The minimum atomic E-state index is -0.168. The van der Waals surface area contributed by atoms with Crippen LogP contribution in [0.5, 0.6) is 0 Å². The highest BCUT2D eigenvalue weighted by Crippen LogP contribution is 2.32. The monoisotopic (exact) mass is 210 g/mol. The number of nitrogens with two attached hydrogens (primary N) is 1. The van der Waals surface area contributed by atoms with Crippen LogP contribution >= 0.6 is 0 Å². The minimum absolute atomic E-state index is 0.0456. The van der Waals surface area contributed by atoms with E-state index in [4.69, 9.17) is 5.73 Å². The van der Waals surface area contributed by atoms with E-state index in [1.165, 1.54) is 6.42 Å². The SMILES string of the molecule is C=CCC(=O)NC1(CN)CCCCC1C. The molecule has 2 atom stereocenters. The third-order valence-corrected chi connectivity index (χ3v) is 3.54. The zero-order valence-corrected chi connectivity index (χ0v) is 9.59. The Morgan fingerprint density at radius 1 is 1.67 bits per heavy atom. The van der Waals surface area contributed by atoms with Crippen LogP contribution in [0.15, 0.2) is 12.7 Å². The summed E-state index contributed by atoms with van der Waals surface area (Å²) in [7, 11) is 0. The van der Waals surface area contributed by atoms with E-state index in [9.17, 15) is 4.79 Å². The van der Waals surface area contributed by atoms with Crippen LogP contribution in [0, 0.1) is 5.92 Å². The molecular weight excluding hydrogens is 188 g/mol. The Hall–Kier alpha value is -0.830. The van der Waals surface area contributed by atoms with Crippen molar-refractivity contribution in [1.29, 1.82) is 0 Å². The standard InChI is InChI=1S/C12H22N2O/c1-3-6-11(15)14-12(9-13)8-5-4-7-10(12)2/h3,10H,1,4-9,13H2,2H3,(H,14,15). The van der Waals surface area contributed by atoms with Gasteiger partial charge in [-0.05, 0) is 18.8 Å². The molecule has 3 heteroatoms. The highest BCUT2D eigenvalue weighted by Gasteiger charge is 2.37. The van der Waals surface area contributed by atoms with Crippen LogP contribution in [0.4, 0.5) is 0 Å². The van der Waals surface area contributed by atoms with Gasteiger partial charge in [0.1, 0.15) is 0 Å². The van der Waals surface area contributed by atoms with Gasteiger partial charge in [0, 0.05) is 13.0 Å². The van der Waals surface area contributed by atoms with Gasteiger partial charge in [-0.2, -0.15) is 0 Å². The van der Waals surface area contributed by atoms with Gasteiger partial charge in [0.05, 0.1) is 5.54 Å². The summed E-state index contributed by atoms with van der Waals surface area (Å²) in [4.78, 5) is 11.6. The number of nitrogens with one attached hydrogen (secondary N) is 1. The summed E-state index contributed by atoms with van der Waals surface area (Å²) in [6, 6.07) is 0. The van der Waals surface area contributed by atoms with Crippen LogP contribution in [-0.4, -0.2) is 18.0 Å². The Bertz CT molecular complexity index is 240. The lowest BCUT2D eigenvalue weighted by Gasteiger charge is -2.42. The summed E-state index contributed by atoms with van der Waals surface area (Å²) in [6.07, 6.45) is 6.59. The van der Waals surface area contributed by atoms with Crippen LogP contribution < -0.4 is 11.1 Å². The lowest BCUT2D eigenvalue weighted by atomic mass is 9.73. The third kappa shape index (κ3) is 2.81. The van der Waals surface area contributed by atoms with E-state index < -0.39 is 0 Å². The van der Waals surface area contributed by atoms with Crippen molar-refractivity contribution in [2.75, 3.05) is 6.54 Å². The highest BCUT2D eigenvalue weighted by atomic mass is 16.1. The van der Waals surface area contributed by atoms with Crippen molar-refractivity contribution in [1.82, 2.24) is 5.32 Å². The molecule has 1 aliphatic rings. The van der Waals surface area contributed by atoms with Crippen molar-refractivity contribution in [3.05, 3.63) is 12.7 Å². The second-order valence-corrected chi connectivity index (χ2v) is 4.55. The lowest BCUT2D eigenvalue weighted by Crippen LogP contribution is -2.59. The molecule has 0 saturated heterocycles. The van der Waals surface area contributed by atoms with E-state index in [1.807, 2.05) is 0 Å². The molecular formula is C12H22N2O. The average Bonchev–Trinajstić information content (AvgIpc) is 2.22. The maximum atomic E-state index is 11.6. The Morgan fingerprint density at radius 2 is 2.40 bits per heavy atom.